The van der Waals surface area contributed by atoms with Crippen molar-refractivity contribution in [2.45, 2.75) is 71.9 Å². The maximum absolute atomic E-state index is 13.2. The van der Waals surface area contributed by atoms with E-state index >= 15 is 0 Å². The topological polar surface area (TPSA) is 90.1 Å². The molecule has 0 spiro atoms. The minimum absolute atomic E-state index is 0.0671. The second-order valence-corrected chi connectivity index (χ2v) is 8.91. The molecule has 1 heterocycles. The number of hydrogen-bond donors (Lipinski definition) is 3. The molecule has 1 atom stereocenters. The minimum atomic E-state index is -0.535. The Morgan fingerprint density at radius 2 is 1.74 bits per heavy atom. The highest BCUT2D eigenvalue weighted by atomic mass is 16.2. The Hall–Kier alpha value is -2.83. The van der Waals surface area contributed by atoms with E-state index in [0.29, 0.717) is 0 Å². The van der Waals surface area contributed by atoms with Gasteiger partial charge in [-0.3, -0.25) is 9.89 Å². The van der Waals surface area contributed by atoms with Gasteiger partial charge in [-0.1, -0.05) is 31.4 Å². The van der Waals surface area contributed by atoms with E-state index in [4.69, 9.17) is 0 Å². The SMILES string of the molecule is Cc1n[nH]c(C)c1-c1ccc(NC(=O)C(NC(=O)N(C)C(C)C)C2CCCCC2)cc1. The molecule has 7 heteroatoms. The van der Waals surface area contributed by atoms with Crippen LogP contribution in [-0.2, 0) is 4.79 Å². The molecular weight excluding hydrogens is 390 g/mol. The van der Waals surface area contributed by atoms with Gasteiger partial charge in [0.05, 0.1) is 5.69 Å². The van der Waals surface area contributed by atoms with Crippen LogP contribution in [-0.4, -0.2) is 46.2 Å². The lowest BCUT2D eigenvalue weighted by Crippen LogP contribution is -2.53. The lowest BCUT2D eigenvalue weighted by atomic mass is 9.83. The van der Waals surface area contributed by atoms with Crippen LogP contribution in [0.1, 0.15) is 57.3 Å². The second kappa shape index (κ2) is 9.98. The minimum Gasteiger partial charge on any atom is -0.326 e. The zero-order valence-electron chi connectivity index (χ0n) is 19.3. The Morgan fingerprint density at radius 3 is 2.29 bits per heavy atom. The number of carbonyl (C=O) groups excluding carboxylic acids is 2. The van der Waals surface area contributed by atoms with Crippen LogP contribution in [0.3, 0.4) is 0 Å². The highest BCUT2D eigenvalue weighted by Gasteiger charge is 2.32. The summed E-state index contributed by atoms with van der Waals surface area (Å²) < 4.78 is 0. The first-order valence-corrected chi connectivity index (χ1v) is 11.2. The van der Waals surface area contributed by atoms with Crippen LogP contribution < -0.4 is 10.6 Å². The lowest BCUT2D eigenvalue weighted by molar-refractivity contribution is -0.119. The van der Waals surface area contributed by atoms with Crippen molar-refractivity contribution < 1.29 is 9.59 Å². The molecule has 3 N–H and O–H groups in total. The summed E-state index contributed by atoms with van der Waals surface area (Å²) in [4.78, 5) is 27.5. The lowest BCUT2D eigenvalue weighted by Gasteiger charge is -2.32. The summed E-state index contributed by atoms with van der Waals surface area (Å²) in [6.45, 7) is 7.89. The zero-order valence-corrected chi connectivity index (χ0v) is 19.3. The highest BCUT2D eigenvalue weighted by Crippen LogP contribution is 2.29. The summed E-state index contributed by atoms with van der Waals surface area (Å²) in [5.41, 5.74) is 4.83. The molecule has 1 aromatic carbocycles. The molecule has 1 fully saturated rings. The molecule has 0 aliphatic heterocycles. The molecular formula is C24H35N5O2. The Bertz CT molecular complexity index is 878. The molecule has 0 radical (unpaired) electrons. The Balaban J connectivity index is 1.74. The van der Waals surface area contributed by atoms with E-state index in [1.807, 2.05) is 52.0 Å². The number of nitrogens with zero attached hydrogens (tertiary/aromatic N) is 2. The van der Waals surface area contributed by atoms with Crippen molar-refractivity contribution in [1.29, 1.82) is 0 Å². The molecule has 0 bridgehead atoms. The fourth-order valence-corrected chi connectivity index (χ4v) is 4.25. The number of amides is 3. The number of aromatic nitrogens is 2. The fraction of sp³-hybridized carbons (Fsp3) is 0.542. The Labute approximate surface area is 185 Å². The summed E-state index contributed by atoms with van der Waals surface area (Å²) in [5, 5.41) is 13.3. The molecule has 3 rings (SSSR count). The van der Waals surface area contributed by atoms with Crippen LogP contribution in [0.2, 0.25) is 0 Å². The van der Waals surface area contributed by atoms with Gasteiger partial charge in [-0.05, 0) is 64.2 Å². The van der Waals surface area contributed by atoms with Gasteiger partial charge in [0, 0.05) is 30.0 Å². The van der Waals surface area contributed by atoms with Gasteiger partial charge in [0.2, 0.25) is 5.91 Å². The van der Waals surface area contributed by atoms with Crippen molar-refractivity contribution in [3.05, 3.63) is 35.7 Å². The van der Waals surface area contributed by atoms with Crippen molar-refractivity contribution in [3.63, 3.8) is 0 Å². The number of anilines is 1. The van der Waals surface area contributed by atoms with Crippen molar-refractivity contribution in [3.8, 4) is 11.1 Å². The molecule has 3 amide bonds. The molecule has 1 saturated carbocycles. The number of hydrogen-bond acceptors (Lipinski definition) is 3. The van der Waals surface area contributed by atoms with Gasteiger partial charge in [0.15, 0.2) is 0 Å². The molecule has 168 valence electrons. The number of benzene rings is 1. The standard InChI is InChI=1S/C24H35N5O2/c1-15(2)29(5)24(31)26-22(19-9-7-6-8-10-19)23(30)25-20-13-11-18(12-14-20)21-16(3)27-28-17(21)4/h11-15,19,22H,6-10H2,1-5H3,(H,25,30)(H,26,31)(H,27,28). The first-order chi connectivity index (χ1) is 14.8. The average Bonchev–Trinajstić information content (AvgIpc) is 3.10. The molecule has 1 aliphatic carbocycles. The maximum Gasteiger partial charge on any atom is 0.318 e. The van der Waals surface area contributed by atoms with Gasteiger partial charge in [-0.2, -0.15) is 5.10 Å². The number of carbonyl (C=O) groups is 2. The summed E-state index contributed by atoms with van der Waals surface area (Å²) in [7, 11) is 1.76. The van der Waals surface area contributed by atoms with E-state index in [1.54, 1.807) is 11.9 Å². The largest absolute Gasteiger partial charge is 0.326 e. The molecule has 2 aromatic rings. The van der Waals surface area contributed by atoms with Gasteiger partial charge >= 0.3 is 6.03 Å². The van der Waals surface area contributed by atoms with Gasteiger partial charge in [-0.25, -0.2) is 4.79 Å². The summed E-state index contributed by atoms with van der Waals surface area (Å²) in [5.74, 6) is 0.00888. The van der Waals surface area contributed by atoms with Crippen molar-refractivity contribution in [2.24, 2.45) is 5.92 Å². The maximum atomic E-state index is 13.2. The summed E-state index contributed by atoms with van der Waals surface area (Å²) in [6, 6.07) is 7.10. The monoisotopic (exact) mass is 425 g/mol. The van der Waals surface area contributed by atoms with E-state index in [-0.39, 0.29) is 23.9 Å². The predicted molar refractivity (Wildman–Crippen MR) is 124 cm³/mol. The zero-order chi connectivity index (χ0) is 22.5. The fourth-order valence-electron chi connectivity index (χ4n) is 4.25. The normalized spacial score (nSPS) is 15.5. The van der Waals surface area contributed by atoms with Crippen LogP contribution in [0.4, 0.5) is 10.5 Å². The number of aryl methyl sites for hydroxylation is 2. The number of H-pyrrole nitrogens is 1. The first-order valence-electron chi connectivity index (χ1n) is 11.2. The van der Waals surface area contributed by atoms with E-state index in [2.05, 4.69) is 20.8 Å². The van der Waals surface area contributed by atoms with Crippen molar-refractivity contribution >= 4 is 17.6 Å². The van der Waals surface area contributed by atoms with Gasteiger partial charge in [0.25, 0.3) is 0 Å². The van der Waals surface area contributed by atoms with Gasteiger partial charge in [-0.15, -0.1) is 0 Å². The third kappa shape index (κ3) is 5.46. The third-order valence-electron chi connectivity index (χ3n) is 6.35. The van der Waals surface area contributed by atoms with Crippen LogP contribution in [0.15, 0.2) is 24.3 Å². The van der Waals surface area contributed by atoms with Gasteiger partial charge < -0.3 is 15.5 Å². The Morgan fingerprint density at radius 1 is 1.10 bits per heavy atom. The van der Waals surface area contributed by atoms with E-state index < -0.39 is 6.04 Å². The second-order valence-electron chi connectivity index (χ2n) is 8.91. The van der Waals surface area contributed by atoms with Crippen LogP contribution in [0, 0.1) is 19.8 Å². The summed E-state index contributed by atoms with van der Waals surface area (Å²) in [6.07, 6.45) is 5.31. The van der Waals surface area contributed by atoms with E-state index in [9.17, 15) is 9.59 Å². The molecule has 0 saturated heterocycles. The quantitative estimate of drug-likeness (QED) is 0.630. The third-order valence-corrected chi connectivity index (χ3v) is 6.35. The predicted octanol–water partition coefficient (Wildman–Crippen LogP) is 4.63. The highest BCUT2D eigenvalue weighted by molar-refractivity contribution is 5.97. The van der Waals surface area contributed by atoms with Crippen LogP contribution in [0.5, 0.6) is 0 Å². The molecule has 1 unspecified atom stereocenters. The molecule has 7 nitrogen and oxygen atoms in total. The Kier molecular flexibility index (Phi) is 7.36. The molecule has 1 aliphatic rings. The molecule has 1 aromatic heterocycles. The average molecular weight is 426 g/mol. The number of urea groups is 1. The smallest absolute Gasteiger partial charge is 0.318 e. The summed E-state index contributed by atoms with van der Waals surface area (Å²) >= 11 is 0. The van der Waals surface area contributed by atoms with E-state index in [1.165, 1.54) is 6.42 Å². The number of nitrogens with one attached hydrogen (secondary N) is 3. The number of aromatic amines is 1. The van der Waals surface area contributed by atoms with Crippen LogP contribution in [0.25, 0.3) is 11.1 Å². The van der Waals surface area contributed by atoms with E-state index in [0.717, 1.165) is 53.9 Å². The van der Waals surface area contributed by atoms with Crippen LogP contribution >= 0.6 is 0 Å². The van der Waals surface area contributed by atoms with Crippen molar-refractivity contribution in [2.75, 3.05) is 12.4 Å². The molecule has 31 heavy (non-hydrogen) atoms. The van der Waals surface area contributed by atoms with Gasteiger partial charge in [0.1, 0.15) is 6.04 Å². The number of rotatable bonds is 6. The van der Waals surface area contributed by atoms with Crippen molar-refractivity contribution in [1.82, 2.24) is 20.4 Å². The first kappa shape index (κ1) is 22.8.